The molecule has 0 aliphatic carbocycles. The Bertz CT molecular complexity index is 580. The molecule has 0 spiro atoms. The number of aryl methyl sites for hydroxylation is 2. The molecule has 0 heterocycles. The van der Waals surface area contributed by atoms with E-state index in [1.807, 2.05) is 60.7 Å². The summed E-state index contributed by atoms with van der Waals surface area (Å²) in [5.74, 6) is -1.05. The summed E-state index contributed by atoms with van der Waals surface area (Å²) in [5.41, 5.74) is 2.41. The highest BCUT2D eigenvalue weighted by atomic mass is 16.6. The van der Waals surface area contributed by atoms with Gasteiger partial charge in [-0.3, -0.25) is 9.59 Å². The second-order valence-electron chi connectivity index (χ2n) is 5.80. The van der Waals surface area contributed by atoms with Crippen molar-refractivity contribution in [2.75, 3.05) is 13.2 Å². The van der Waals surface area contributed by atoms with Crippen molar-refractivity contribution in [2.45, 2.75) is 32.1 Å². The van der Waals surface area contributed by atoms with Gasteiger partial charge in [0.05, 0.1) is 13.2 Å². The standard InChI is InChI=1S/C21H24O4/c22-20(24-15-7-13-18-9-3-1-4-10-18)17-21(23)25-16-8-14-19-11-5-2-6-12-19/h1-6,9-12H,7-8,13-17H2. The van der Waals surface area contributed by atoms with Crippen LogP contribution in [0.25, 0.3) is 0 Å². The molecule has 4 nitrogen and oxygen atoms in total. The number of ether oxygens (including phenoxy) is 2. The predicted octanol–water partition coefficient (Wildman–Crippen LogP) is 3.73. The van der Waals surface area contributed by atoms with Gasteiger partial charge in [0, 0.05) is 0 Å². The molecule has 0 aliphatic rings. The highest BCUT2D eigenvalue weighted by Gasteiger charge is 2.11. The molecule has 25 heavy (non-hydrogen) atoms. The first-order valence-electron chi connectivity index (χ1n) is 8.63. The van der Waals surface area contributed by atoms with Crippen LogP contribution in [0.3, 0.4) is 0 Å². The highest BCUT2D eigenvalue weighted by Crippen LogP contribution is 2.04. The fourth-order valence-corrected chi connectivity index (χ4v) is 2.43. The highest BCUT2D eigenvalue weighted by molar-refractivity contribution is 5.91. The van der Waals surface area contributed by atoms with Crippen LogP contribution >= 0.6 is 0 Å². The van der Waals surface area contributed by atoms with Crippen LogP contribution in [0.15, 0.2) is 60.7 Å². The summed E-state index contributed by atoms with van der Waals surface area (Å²) in [6, 6.07) is 20.0. The Kier molecular flexibility index (Phi) is 8.25. The smallest absolute Gasteiger partial charge is 0.317 e. The third-order valence-corrected chi connectivity index (χ3v) is 3.72. The lowest BCUT2D eigenvalue weighted by Crippen LogP contribution is -2.15. The third-order valence-electron chi connectivity index (χ3n) is 3.72. The van der Waals surface area contributed by atoms with Crippen LogP contribution in [0.4, 0.5) is 0 Å². The molecule has 0 radical (unpaired) electrons. The van der Waals surface area contributed by atoms with Gasteiger partial charge in [-0.15, -0.1) is 0 Å². The van der Waals surface area contributed by atoms with Gasteiger partial charge in [0.2, 0.25) is 0 Å². The molecule has 0 fully saturated rings. The lowest BCUT2D eigenvalue weighted by Gasteiger charge is -2.06. The minimum Gasteiger partial charge on any atom is -0.465 e. The van der Waals surface area contributed by atoms with Crippen LogP contribution in [-0.2, 0) is 31.9 Å². The number of hydrogen-bond donors (Lipinski definition) is 0. The van der Waals surface area contributed by atoms with E-state index in [4.69, 9.17) is 9.47 Å². The molecule has 0 unspecified atom stereocenters. The summed E-state index contributed by atoms with van der Waals surface area (Å²) in [6.07, 6.45) is 2.84. The maximum Gasteiger partial charge on any atom is 0.317 e. The van der Waals surface area contributed by atoms with Crippen LogP contribution < -0.4 is 0 Å². The monoisotopic (exact) mass is 340 g/mol. The SMILES string of the molecule is O=C(CC(=O)OCCCc1ccccc1)OCCCc1ccccc1. The Morgan fingerprint density at radius 2 is 1.04 bits per heavy atom. The molecule has 0 aliphatic heterocycles. The van der Waals surface area contributed by atoms with Gasteiger partial charge in [0.25, 0.3) is 0 Å². The van der Waals surface area contributed by atoms with Gasteiger partial charge in [-0.05, 0) is 36.8 Å². The molecule has 0 amide bonds. The van der Waals surface area contributed by atoms with Crippen molar-refractivity contribution in [1.82, 2.24) is 0 Å². The fraction of sp³-hybridized carbons (Fsp3) is 0.333. The van der Waals surface area contributed by atoms with Crippen molar-refractivity contribution < 1.29 is 19.1 Å². The molecule has 132 valence electrons. The van der Waals surface area contributed by atoms with Gasteiger partial charge in [-0.1, -0.05) is 60.7 Å². The van der Waals surface area contributed by atoms with Gasteiger partial charge >= 0.3 is 11.9 Å². The molecule has 0 bridgehead atoms. The Morgan fingerprint density at radius 1 is 0.640 bits per heavy atom. The summed E-state index contributed by atoms with van der Waals surface area (Å²) < 4.78 is 10.1. The van der Waals surface area contributed by atoms with E-state index in [-0.39, 0.29) is 6.42 Å². The molecule has 0 N–H and O–H groups in total. The predicted molar refractivity (Wildman–Crippen MR) is 96.1 cm³/mol. The quantitative estimate of drug-likeness (QED) is 0.376. The summed E-state index contributed by atoms with van der Waals surface area (Å²) in [4.78, 5) is 23.2. The van der Waals surface area contributed by atoms with Gasteiger partial charge in [0.15, 0.2) is 0 Å². The zero-order valence-electron chi connectivity index (χ0n) is 14.4. The number of esters is 2. The summed E-state index contributed by atoms with van der Waals surface area (Å²) in [5, 5.41) is 0. The normalized spacial score (nSPS) is 10.2. The lowest BCUT2D eigenvalue weighted by atomic mass is 10.1. The first-order valence-corrected chi connectivity index (χ1v) is 8.63. The molecular weight excluding hydrogens is 316 g/mol. The van der Waals surface area contributed by atoms with Crippen LogP contribution in [0.1, 0.15) is 30.4 Å². The van der Waals surface area contributed by atoms with E-state index in [1.165, 1.54) is 11.1 Å². The number of carbonyl (C=O) groups is 2. The number of carbonyl (C=O) groups excluding carboxylic acids is 2. The molecule has 0 saturated heterocycles. The molecular formula is C21H24O4. The summed E-state index contributed by atoms with van der Waals surface area (Å²) in [7, 11) is 0. The molecule has 4 heteroatoms. The maximum absolute atomic E-state index is 11.6. The van der Waals surface area contributed by atoms with Crippen molar-refractivity contribution in [3.8, 4) is 0 Å². The van der Waals surface area contributed by atoms with E-state index < -0.39 is 11.9 Å². The van der Waals surface area contributed by atoms with Crippen LogP contribution in [-0.4, -0.2) is 25.2 Å². The molecule has 0 atom stereocenters. The summed E-state index contributed by atoms with van der Waals surface area (Å²) >= 11 is 0. The topological polar surface area (TPSA) is 52.6 Å². The first kappa shape index (κ1) is 18.7. The van der Waals surface area contributed by atoms with Gasteiger partial charge in [-0.25, -0.2) is 0 Å². The molecule has 2 aromatic carbocycles. The van der Waals surface area contributed by atoms with Crippen LogP contribution in [0.2, 0.25) is 0 Å². The van der Waals surface area contributed by atoms with Crippen molar-refractivity contribution in [2.24, 2.45) is 0 Å². The Balaban J connectivity index is 1.50. The Hall–Kier alpha value is -2.62. The molecule has 2 rings (SSSR count). The lowest BCUT2D eigenvalue weighted by molar-refractivity contribution is -0.154. The van der Waals surface area contributed by atoms with Gasteiger partial charge < -0.3 is 9.47 Å². The maximum atomic E-state index is 11.6. The molecule has 0 aromatic heterocycles. The average molecular weight is 340 g/mol. The van der Waals surface area contributed by atoms with E-state index in [0.717, 1.165) is 25.7 Å². The Labute approximate surface area is 148 Å². The van der Waals surface area contributed by atoms with Gasteiger partial charge in [0.1, 0.15) is 6.42 Å². The van der Waals surface area contributed by atoms with Crippen molar-refractivity contribution in [1.29, 1.82) is 0 Å². The zero-order valence-corrected chi connectivity index (χ0v) is 14.4. The van der Waals surface area contributed by atoms with E-state index in [1.54, 1.807) is 0 Å². The second kappa shape index (κ2) is 11.0. The summed E-state index contributed by atoms with van der Waals surface area (Å²) in [6.45, 7) is 0.629. The largest absolute Gasteiger partial charge is 0.465 e. The number of rotatable bonds is 10. The number of hydrogen-bond acceptors (Lipinski definition) is 4. The third kappa shape index (κ3) is 8.15. The van der Waals surface area contributed by atoms with E-state index >= 15 is 0 Å². The van der Waals surface area contributed by atoms with E-state index in [9.17, 15) is 9.59 Å². The Morgan fingerprint density at radius 3 is 1.44 bits per heavy atom. The number of benzene rings is 2. The van der Waals surface area contributed by atoms with Crippen molar-refractivity contribution in [3.05, 3.63) is 71.8 Å². The first-order chi connectivity index (χ1) is 12.2. The van der Waals surface area contributed by atoms with Crippen LogP contribution in [0.5, 0.6) is 0 Å². The molecule has 0 saturated carbocycles. The van der Waals surface area contributed by atoms with Gasteiger partial charge in [-0.2, -0.15) is 0 Å². The van der Waals surface area contributed by atoms with E-state index in [0.29, 0.717) is 13.2 Å². The zero-order chi connectivity index (χ0) is 17.7. The van der Waals surface area contributed by atoms with E-state index in [2.05, 4.69) is 0 Å². The minimum atomic E-state index is -0.527. The second-order valence-corrected chi connectivity index (χ2v) is 5.80. The fourth-order valence-electron chi connectivity index (χ4n) is 2.43. The minimum absolute atomic E-state index is 0.314. The van der Waals surface area contributed by atoms with Crippen molar-refractivity contribution >= 4 is 11.9 Å². The van der Waals surface area contributed by atoms with Crippen LogP contribution in [0, 0.1) is 0 Å². The average Bonchev–Trinajstić information content (AvgIpc) is 2.64. The van der Waals surface area contributed by atoms with Crippen molar-refractivity contribution in [3.63, 3.8) is 0 Å². The molecule has 2 aromatic rings.